The Bertz CT molecular complexity index is 1210. The number of ether oxygens (including phenoxy) is 1. The Morgan fingerprint density at radius 3 is 2.63 bits per heavy atom. The number of nitrogens with two attached hydrogens (primary N) is 1. The van der Waals surface area contributed by atoms with Crippen molar-refractivity contribution in [3.8, 4) is 16.9 Å². The number of fused-ring (bicyclic) bond motifs is 1. The summed E-state index contributed by atoms with van der Waals surface area (Å²) in [6.07, 6.45) is 1.24. The van der Waals surface area contributed by atoms with Gasteiger partial charge in [-0.3, -0.25) is 0 Å². The highest BCUT2D eigenvalue weighted by Gasteiger charge is 2.15. The first-order valence-corrected chi connectivity index (χ1v) is 10.1. The van der Waals surface area contributed by atoms with Gasteiger partial charge in [-0.25, -0.2) is 0 Å². The summed E-state index contributed by atoms with van der Waals surface area (Å²) in [6, 6.07) is 20.1. The highest BCUT2D eigenvalue weighted by Crippen LogP contribution is 2.35. The van der Waals surface area contributed by atoms with Crippen LogP contribution in [0.5, 0.6) is 5.75 Å². The first kappa shape index (κ1) is 19.9. The SMILES string of the molecule is Cc1oc2c(-c3cccc(CN)c3)cc(COc3ccccc3CC=O)cc2c1C. The molecular weight excluding hydrogens is 374 g/mol. The van der Waals surface area contributed by atoms with Crippen molar-refractivity contribution in [2.45, 2.75) is 33.4 Å². The van der Waals surface area contributed by atoms with Crippen LogP contribution in [0.25, 0.3) is 22.1 Å². The summed E-state index contributed by atoms with van der Waals surface area (Å²) in [5, 5.41) is 1.09. The van der Waals surface area contributed by atoms with Crippen molar-refractivity contribution < 1.29 is 13.9 Å². The molecule has 0 aliphatic rings. The number of hydrogen-bond acceptors (Lipinski definition) is 4. The fourth-order valence-corrected chi connectivity index (χ4v) is 3.72. The molecule has 0 amide bonds. The molecule has 0 spiro atoms. The number of aldehydes is 1. The van der Waals surface area contributed by atoms with Gasteiger partial charge in [-0.15, -0.1) is 0 Å². The van der Waals surface area contributed by atoms with E-state index < -0.39 is 0 Å². The number of aryl methyl sites for hydroxylation is 2. The maximum absolute atomic E-state index is 11.0. The zero-order valence-electron chi connectivity index (χ0n) is 17.3. The molecule has 152 valence electrons. The molecule has 1 heterocycles. The molecule has 0 unspecified atom stereocenters. The van der Waals surface area contributed by atoms with E-state index in [9.17, 15) is 4.79 Å². The van der Waals surface area contributed by atoms with E-state index in [0.29, 0.717) is 19.6 Å². The molecule has 0 atom stereocenters. The Kier molecular flexibility index (Phi) is 5.68. The van der Waals surface area contributed by atoms with Gasteiger partial charge in [0.05, 0.1) is 0 Å². The number of para-hydroxylation sites is 1. The molecule has 0 saturated carbocycles. The third kappa shape index (κ3) is 3.87. The van der Waals surface area contributed by atoms with Gasteiger partial charge in [0, 0.05) is 29.5 Å². The van der Waals surface area contributed by atoms with Gasteiger partial charge in [-0.1, -0.05) is 36.4 Å². The summed E-state index contributed by atoms with van der Waals surface area (Å²) in [6.45, 7) is 4.95. The second-order valence-electron chi connectivity index (χ2n) is 7.48. The summed E-state index contributed by atoms with van der Waals surface area (Å²) >= 11 is 0. The number of hydrogen-bond donors (Lipinski definition) is 1. The van der Waals surface area contributed by atoms with Gasteiger partial charge in [-0.2, -0.15) is 0 Å². The molecule has 3 aromatic carbocycles. The van der Waals surface area contributed by atoms with Crippen LogP contribution >= 0.6 is 0 Å². The Morgan fingerprint density at radius 2 is 1.83 bits per heavy atom. The predicted octanol–water partition coefficient (Wildman–Crippen LogP) is 5.50. The third-order valence-corrected chi connectivity index (χ3v) is 5.48. The monoisotopic (exact) mass is 399 g/mol. The van der Waals surface area contributed by atoms with Gasteiger partial charge in [-0.05, 0) is 60.4 Å². The van der Waals surface area contributed by atoms with Gasteiger partial charge < -0.3 is 19.7 Å². The molecule has 30 heavy (non-hydrogen) atoms. The largest absolute Gasteiger partial charge is 0.489 e. The lowest BCUT2D eigenvalue weighted by atomic mass is 9.97. The average Bonchev–Trinajstić information content (AvgIpc) is 3.06. The number of carbonyl (C=O) groups excluding carboxylic acids is 1. The van der Waals surface area contributed by atoms with Gasteiger partial charge in [0.1, 0.15) is 30.0 Å². The average molecular weight is 399 g/mol. The quantitative estimate of drug-likeness (QED) is 0.417. The normalized spacial score (nSPS) is 11.0. The van der Waals surface area contributed by atoms with E-state index in [1.165, 1.54) is 0 Å². The minimum Gasteiger partial charge on any atom is -0.489 e. The van der Waals surface area contributed by atoms with Crippen LogP contribution in [0.15, 0.2) is 65.1 Å². The maximum Gasteiger partial charge on any atom is 0.142 e. The van der Waals surface area contributed by atoms with E-state index in [2.05, 4.69) is 31.2 Å². The molecule has 4 rings (SSSR count). The molecule has 0 saturated heterocycles. The van der Waals surface area contributed by atoms with Gasteiger partial charge in [0.2, 0.25) is 0 Å². The minimum atomic E-state index is 0.340. The first-order valence-electron chi connectivity index (χ1n) is 10.1. The lowest BCUT2D eigenvalue weighted by molar-refractivity contribution is -0.107. The third-order valence-electron chi connectivity index (χ3n) is 5.48. The van der Waals surface area contributed by atoms with Crippen LogP contribution in [0.3, 0.4) is 0 Å². The minimum absolute atomic E-state index is 0.340. The maximum atomic E-state index is 11.0. The van der Waals surface area contributed by atoms with E-state index in [-0.39, 0.29) is 0 Å². The van der Waals surface area contributed by atoms with Crippen molar-refractivity contribution >= 4 is 17.3 Å². The Balaban J connectivity index is 1.76. The van der Waals surface area contributed by atoms with Gasteiger partial charge in [0.25, 0.3) is 0 Å². The predicted molar refractivity (Wildman–Crippen MR) is 120 cm³/mol. The molecular formula is C26H25NO3. The van der Waals surface area contributed by atoms with Crippen LogP contribution in [0.4, 0.5) is 0 Å². The van der Waals surface area contributed by atoms with Crippen molar-refractivity contribution in [2.24, 2.45) is 5.73 Å². The van der Waals surface area contributed by atoms with Crippen molar-refractivity contribution in [2.75, 3.05) is 0 Å². The van der Waals surface area contributed by atoms with Crippen LogP contribution < -0.4 is 10.5 Å². The summed E-state index contributed by atoms with van der Waals surface area (Å²) in [5.74, 6) is 1.65. The molecule has 1 aromatic heterocycles. The number of benzene rings is 3. The molecule has 0 fully saturated rings. The second-order valence-corrected chi connectivity index (χ2v) is 7.48. The van der Waals surface area contributed by atoms with Crippen LogP contribution in [-0.4, -0.2) is 6.29 Å². The molecule has 4 heteroatoms. The summed E-state index contributed by atoms with van der Waals surface area (Å²) in [5.41, 5.74) is 13.0. The van der Waals surface area contributed by atoms with Crippen molar-refractivity contribution in [1.29, 1.82) is 0 Å². The molecule has 0 aliphatic carbocycles. The van der Waals surface area contributed by atoms with E-state index in [4.69, 9.17) is 14.9 Å². The molecule has 2 N–H and O–H groups in total. The highest BCUT2D eigenvalue weighted by molar-refractivity contribution is 5.95. The van der Waals surface area contributed by atoms with Crippen LogP contribution in [0.1, 0.15) is 28.0 Å². The molecule has 0 aliphatic heterocycles. The van der Waals surface area contributed by atoms with E-state index in [1.807, 2.05) is 43.3 Å². The number of carbonyl (C=O) groups is 1. The fraction of sp³-hybridized carbons (Fsp3) is 0.192. The Labute approximate surface area is 176 Å². The number of furan rings is 1. The van der Waals surface area contributed by atoms with E-state index in [0.717, 1.165) is 62.1 Å². The highest BCUT2D eigenvalue weighted by atomic mass is 16.5. The molecule has 4 aromatic rings. The number of rotatable bonds is 7. The fourth-order valence-electron chi connectivity index (χ4n) is 3.72. The van der Waals surface area contributed by atoms with E-state index >= 15 is 0 Å². The van der Waals surface area contributed by atoms with Crippen molar-refractivity contribution in [3.05, 3.63) is 88.7 Å². The van der Waals surface area contributed by atoms with Crippen LogP contribution in [0, 0.1) is 13.8 Å². The Hall–Kier alpha value is -3.37. The zero-order valence-corrected chi connectivity index (χ0v) is 17.3. The Morgan fingerprint density at radius 1 is 1.00 bits per heavy atom. The summed E-state index contributed by atoms with van der Waals surface area (Å²) in [7, 11) is 0. The lowest BCUT2D eigenvalue weighted by Gasteiger charge is -2.12. The summed E-state index contributed by atoms with van der Waals surface area (Å²) in [4.78, 5) is 11.0. The topological polar surface area (TPSA) is 65.5 Å². The molecule has 0 radical (unpaired) electrons. The summed E-state index contributed by atoms with van der Waals surface area (Å²) < 4.78 is 12.2. The van der Waals surface area contributed by atoms with Gasteiger partial charge >= 0.3 is 0 Å². The van der Waals surface area contributed by atoms with Crippen LogP contribution in [-0.2, 0) is 24.4 Å². The second kappa shape index (κ2) is 8.56. The molecule has 0 bridgehead atoms. The lowest BCUT2D eigenvalue weighted by Crippen LogP contribution is -2.00. The van der Waals surface area contributed by atoms with E-state index in [1.54, 1.807) is 0 Å². The smallest absolute Gasteiger partial charge is 0.142 e. The first-order chi connectivity index (χ1) is 14.6. The van der Waals surface area contributed by atoms with Gasteiger partial charge in [0.15, 0.2) is 0 Å². The van der Waals surface area contributed by atoms with Crippen LogP contribution in [0.2, 0.25) is 0 Å². The standard InChI is InChI=1S/C26H25NO3/c1-17-18(2)30-26-23(17)13-20(14-24(26)22-8-5-6-19(12-22)15-27)16-29-25-9-4-3-7-21(25)10-11-28/h3-9,11-14H,10,15-16,27H2,1-2H3. The molecule has 4 nitrogen and oxygen atoms in total. The zero-order chi connectivity index (χ0) is 21.1. The van der Waals surface area contributed by atoms with Crippen molar-refractivity contribution in [3.63, 3.8) is 0 Å². The van der Waals surface area contributed by atoms with Crippen molar-refractivity contribution in [1.82, 2.24) is 0 Å².